The maximum atomic E-state index is 9.70. The van der Waals surface area contributed by atoms with Gasteiger partial charge >= 0.3 is 0 Å². The maximum absolute atomic E-state index is 9.70. The van der Waals surface area contributed by atoms with E-state index in [4.69, 9.17) is 16.0 Å². The first-order valence-corrected chi connectivity index (χ1v) is 7.58. The molecule has 21 heavy (non-hydrogen) atoms. The minimum atomic E-state index is 0.250. The first kappa shape index (κ1) is 14.0. The molecule has 0 fully saturated rings. The number of nitrogens with zero attached hydrogens (tertiary/aromatic N) is 2. The van der Waals surface area contributed by atoms with Gasteiger partial charge in [0.15, 0.2) is 0 Å². The normalized spacial score (nSPS) is 10.7. The second kappa shape index (κ2) is 6.20. The topological polar surface area (TPSA) is 59.2 Å². The van der Waals surface area contributed by atoms with Crippen molar-refractivity contribution in [3.63, 3.8) is 0 Å². The third-order valence-corrected chi connectivity index (χ3v) is 4.07. The summed E-state index contributed by atoms with van der Waals surface area (Å²) in [5.41, 5.74) is 0.825. The third kappa shape index (κ3) is 3.37. The second-order valence-corrected chi connectivity index (χ2v) is 5.72. The summed E-state index contributed by atoms with van der Waals surface area (Å²) >= 11 is 7.29. The van der Waals surface area contributed by atoms with Crippen LogP contribution in [0.5, 0.6) is 5.75 Å². The molecule has 0 unspecified atom stereocenters. The average molecular weight is 319 g/mol. The Labute approximate surface area is 130 Å². The zero-order valence-electron chi connectivity index (χ0n) is 10.9. The van der Waals surface area contributed by atoms with Gasteiger partial charge in [0.25, 0.3) is 0 Å². The van der Waals surface area contributed by atoms with E-state index in [-0.39, 0.29) is 5.75 Å². The molecule has 1 N–H and O–H groups in total. The van der Waals surface area contributed by atoms with Crippen LogP contribution in [0.25, 0.3) is 11.5 Å². The Morgan fingerprint density at radius 2 is 1.81 bits per heavy atom. The molecule has 4 nitrogen and oxygen atoms in total. The molecule has 106 valence electrons. The van der Waals surface area contributed by atoms with E-state index in [1.54, 1.807) is 24.3 Å². The lowest BCUT2D eigenvalue weighted by atomic mass is 10.2. The van der Waals surface area contributed by atoms with Crippen molar-refractivity contribution in [2.45, 2.75) is 10.6 Å². The van der Waals surface area contributed by atoms with Gasteiger partial charge in [0.2, 0.25) is 11.8 Å². The zero-order valence-corrected chi connectivity index (χ0v) is 12.4. The number of hydrogen-bond donors (Lipinski definition) is 1. The molecule has 0 saturated heterocycles. The predicted molar refractivity (Wildman–Crippen MR) is 82.4 cm³/mol. The molecule has 0 radical (unpaired) electrons. The Morgan fingerprint density at radius 1 is 1.05 bits per heavy atom. The van der Waals surface area contributed by atoms with Crippen LogP contribution in [0.2, 0.25) is 5.02 Å². The lowest BCUT2D eigenvalue weighted by Gasteiger charge is -2.00. The number of phenols is 1. The lowest BCUT2D eigenvalue weighted by Crippen LogP contribution is -1.80. The minimum absolute atomic E-state index is 0.250. The summed E-state index contributed by atoms with van der Waals surface area (Å²) in [6.07, 6.45) is 0. The summed E-state index contributed by atoms with van der Waals surface area (Å²) < 4.78 is 5.60. The number of phenolic OH excluding ortho intramolecular Hbond substituents is 1. The number of para-hydroxylation sites is 1. The van der Waals surface area contributed by atoms with Gasteiger partial charge in [-0.15, -0.1) is 22.0 Å². The molecule has 0 amide bonds. The van der Waals surface area contributed by atoms with Gasteiger partial charge in [-0.1, -0.05) is 23.7 Å². The average Bonchev–Trinajstić information content (AvgIpc) is 2.96. The minimum Gasteiger partial charge on any atom is -0.507 e. The maximum Gasteiger partial charge on any atom is 0.247 e. The van der Waals surface area contributed by atoms with Gasteiger partial charge in [-0.25, -0.2) is 0 Å². The van der Waals surface area contributed by atoms with Gasteiger partial charge in [0.05, 0.1) is 5.75 Å². The molecule has 1 aromatic heterocycles. The van der Waals surface area contributed by atoms with E-state index < -0.39 is 0 Å². The van der Waals surface area contributed by atoms with Gasteiger partial charge in [-0.3, -0.25) is 0 Å². The molecule has 0 spiro atoms. The van der Waals surface area contributed by atoms with Crippen LogP contribution in [0.1, 0.15) is 5.89 Å². The van der Waals surface area contributed by atoms with Gasteiger partial charge < -0.3 is 9.52 Å². The Bertz CT molecular complexity index is 743. The van der Waals surface area contributed by atoms with E-state index in [0.717, 1.165) is 10.5 Å². The number of hydrogen-bond acceptors (Lipinski definition) is 5. The van der Waals surface area contributed by atoms with Crippen molar-refractivity contribution in [1.29, 1.82) is 0 Å². The molecular formula is C15H11ClN2O2S. The molecule has 6 heteroatoms. The van der Waals surface area contributed by atoms with Crippen LogP contribution in [0.15, 0.2) is 57.8 Å². The van der Waals surface area contributed by atoms with Gasteiger partial charge in [-0.05, 0) is 36.4 Å². The molecule has 0 saturated carbocycles. The Kier molecular flexibility index (Phi) is 4.13. The van der Waals surface area contributed by atoms with Crippen LogP contribution < -0.4 is 0 Å². The second-order valence-electron chi connectivity index (χ2n) is 4.26. The first-order valence-electron chi connectivity index (χ1n) is 6.21. The van der Waals surface area contributed by atoms with E-state index in [2.05, 4.69) is 10.2 Å². The highest BCUT2D eigenvalue weighted by atomic mass is 35.5. The van der Waals surface area contributed by atoms with Crippen molar-refractivity contribution in [2.75, 3.05) is 0 Å². The SMILES string of the molecule is Oc1ccccc1SCc1nnc(-c2ccc(Cl)cc2)o1. The molecule has 3 aromatic rings. The van der Waals surface area contributed by atoms with Gasteiger partial charge in [-0.2, -0.15) is 0 Å². The summed E-state index contributed by atoms with van der Waals surface area (Å²) in [4.78, 5) is 0.781. The summed E-state index contributed by atoms with van der Waals surface area (Å²) in [5.74, 6) is 1.71. The fourth-order valence-corrected chi connectivity index (χ4v) is 2.65. The molecule has 3 rings (SSSR count). The molecule has 0 bridgehead atoms. The number of aromatic hydroxyl groups is 1. The van der Waals surface area contributed by atoms with Crippen LogP contribution in [0.4, 0.5) is 0 Å². The Balaban J connectivity index is 1.71. The highest BCUT2D eigenvalue weighted by molar-refractivity contribution is 7.98. The molecule has 1 heterocycles. The van der Waals surface area contributed by atoms with Crippen LogP contribution in [-0.4, -0.2) is 15.3 Å². The quantitative estimate of drug-likeness (QED) is 0.723. The summed E-state index contributed by atoms with van der Waals surface area (Å²) in [5, 5.41) is 18.4. The molecular weight excluding hydrogens is 308 g/mol. The van der Waals surface area contributed by atoms with E-state index in [1.807, 2.05) is 24.3 Å². The Morgan fingerprint density at radius 3 is 2.57 bits per heavy atom. The fourth-order valence-electron chi connectivity index (χ4n) is 1.74. The standard InChI is InChI=1S/C15H11ClN2O2S/c16-11-7-5-10(6-8-11)15-18-17-14(20-15)9-21-13-4-2-1-3-12(13)19/h1-8,19H,9H2. The largest absolute Gasteiger partial charge is 0.507 e. The van der Waals surface area contributed by atoms with Crippen LogP contribution >= 0.6 is 23.4 Å². The lowest BCUT2D eigenvalue weighted by molar-refractivity contribution is 0.462. The number of thioether (sulfide) groups is 1. The predicted octanol–water partition coefficient (Wildman–Crippen LogP) is 4.39. The van der Waals surface area contributed by atoms with Crippen LogP contribution in [0.3, 0.4) is 0 Å². The van der Waals surface area contributed by atoms with Crippen molar-refractivity contribution in [3.05, 3.63) is 59.4 Å². The molecule has 0 aliphatic heterocycles. The van der Waals surface area contributed by atoms with Crippen molar-refractivity contribution >= 4 is 23.4 Å². The van der Waals surface area contributed by atoms with Crippen molar-refractivity contribution in [2.24, 2.45) is 0 Å². The number of halogens is 1. The zero-order chi connectivity index (χ0) is 14.7. The molecule has 0 aliphatic carbocycles. The van der Waals surface area contributed by atoms with Crippen molar-refractivity contribution in [1.82, 2.24) is 10.2 Å². The van der Waals surface area contributed by atoms with Crippen molar-refractivity contribution in [3.8, 4) is 17.2 Å². The smallest absolute Gasteiger partial charge is 0.247 e. The van der Waals surface area contributed by atoms with Gasteiger partial charge in [0, 0.05) is 15.5 Å². The Hall–Kier alpha value is -1.98. The fraction of sp³-hybridized carbons (Fsp3) is 0.0667. The molecule has 0 atom stereocenters. The van der Waals surface area contributed by atoms with E-state index >= 15 is 0 Å². The molecule has 0 aliphatic rings. The van der Waals surface area contributed by atoms with E-state index in [9.17, 15) is 5.11 Å². The number of benzene rings is 2. The van der Waals surface area contributed by atoms with Crippen LogP contribution in [-0.2, 0) is 5.75 Å². The summed E-state index contributed by atoms with van der Waals surface area (Å²) in [7, 11) is 0. The van der Waals surface area contributed by atoms with E-state index in [1.165, 1.54) is 11.8 Å². The highest BCUT2D eigenvalue weighted by Crippen LogP contribution is 2.30. The van der Waals surface area contributed by atoms with E-state index in [0.29, 0.717) is 22.6 Å². The number of rotatable bonds is 4. The number of aromatic nitrogens is 2. The monoisotopic (exact) mass is 318 g/mol. The van der Waals surface area contributed by atoms with Crippen molar-refractivity contribution < 1.29 is 9.52 Å². The van der Waals surface area contributed by atoms with Crippen LogP contribution in [0, 0.1) is 0 Å². The molecule has 2 aromatic carbocycles. The summed E-state index contributed by atoms with van der Waals surface area (Å²) in [6.45, 7) is 0. The third-order valence-electron chi connectivity index (χ3n) is 2.77. The van der Waals surface area contributed by atoms with Gasteiger partial charge in [0.1, 0.15) is 5.75 Å². The summed E-state index contributed by atoms with van der Waals surface area (Å²) in [6, 6.07) is 14.4. The highest BCUT2D eigenvalue weighted by Gasteiger charge is 2.10. The first-order chi connectivity index (χ1) is 10.2.